The topological polar surface area (TPSA) is 104 Å². The molecule has 8 nitrogen and oxygen atoms in total. The Kier molecular flexibility index (Phi) is 4.83. The molecule has 1 saturated heterocycles. The van der Waals surface area contributed by atoms with Crippen LogP contribution in [-0.2, 0) is 19.1 Å². The average molecular weight is 405 g/mol. The lowest BCUT2D eigenvalue weighted by Gasteiger charge is -2.29. The van der Waals surface area contributed by atoms with Gasteiger partial charge in [0, 0.05) is 36.9 Å². The van der Waals surface area contributed by atoms with Crippen molar-refractivity contribution in [2.45, 2.75) is 26.6 Å². The molecule has 4 rings (SSSR count). The number of hydrogen-bond acceptors (Lipinski definition) is 8. The van der Waals surface area contributed by atoms with Crippen LogP contribution < -0.4 is 5.32 Å². The van der Waals surface area contributed by atoms with Crippen LogP contribution in [0.5, 0.6) is 0 Å². The summed E-state index contributed by atoms with van der Waals surface area (Å²) in [6.45, 7) is 4.99. The summed E-state index contributed by atoms with van der Waals surface area (Å²) in [5.41, 5.74) is 3.07. The quantitative estimate of drug-likeness (QED) is 0.397. The molecule has 1 N–H and O–H groups in total. The van der Waals surface area contributed by atoms with Crippen molar-refractivity contribution in [1.29, 1.82) is 0 Å². The minimum Gasteiger partial charge on any atom is -0.419 e. The predicted octanol–water partition coefficient (Wildman–Crippen LogP) is 3.84. The molecule has 0 bridgehead atoms. The van der Waals surface area contributed by atoms with E-state index in [2.05, 4.69) is 15.5 Å². The molecule has 30 heavy (non-hydrogen) atoms. The molecule has 2 heterocycles. The molecule has 3 aromatic rings. The van der Waals surface area contributed by atoms with E-state index in [-0.39, 0.29) is 5.57 Å². The zero-order valence-electron chi connectivity index (χ0n) is 16.6. The number of esters is 2. The highest BCUT2D eigenvalue weighted by Crippen LogP contribution is 2.26. The highest BCUT2D eigenvalue weighted by Gasteiger charge is 2.38. The second kappa shape index (κ2) is 7.47. The van der Waals surface area contributed by atoms with Gasteiger partial charge in [0.15, 0.2) is 5.57 Å². The van der Waals surface area contributed by atoms with Crippen molar-refractivity contribution < 1.29 is 23.6 Å². The average Bonchev–Trinajstić information content (AvgIpc) is 3.17. The van der Waals surface area contributed by atoms with Gasteiger partial charge < -0.3 is 19.3 Å². The maximum atomic E-state index is 12.0. The lowest BCUT2D eigenvalue weighted by Crippen LogP contribution is -2.42. The molecular formula is C22H19N3O5. The van der Waals surface area contributed by atoms with Crippen LogP contribution in [0.4, 0.5) is 5.69 Å². The number of benzene rings is 2. The summed E-state index contributed by atoms with van der Waals surface area (Å²) < 4.78 is 15.5. The van der Waals surface area contributed by atoms with Gasteiger partial charge in [0.25, 0.3) is 11.7 Å². The molecule has 0 radical (unpaired) electrons. The number of carbonyl (C=O) groups is 2. The summed E-state index contributed by atoms with van der Waals surface area (Å²) in [6, 6.07) is 14.9. The molecule has 1 fully saturated rings. The first-order valence-electron chi connectivity index (χ1n) is 9.25. The van der Waals surface area contributed by atoms with E-state index < -0.39 is 17.7 Å². The molecule has 1 aliphatic heterocycles. The SMILES string of the molecule is Cc1ccc(-c2noc(-c3cccc(NC=C4C(=O)OC(C)(C)OC4=O)c3)n2)cc1. The highest BCUT2D eigenvalue weighted by molar-refractivity contribution is 6.15. The number of nitrogens with one attached hydrogen (secondary N) is 1. The predicted molar refractivity (Wildman–Crippen MR) is 108 cm³/mol. The number of ether oxygens (including phenoxy) is 2. The Bertz CT molecular complexity index is 1120. The second-order valence-corrected chi connectivity index (χ2v) is 7.25. The highest BCUT2D eigenvalue weighted by atomic mass is 16.7. The van der Waals surface area contributed by atoms with Crippen molar-refractivity contribution in [2.75, 3.05) is 5.32 Å². The van der Waals surface area contributed by atoms with Gasteiger partial charge in [0.2, 0.25) is 5.82 Å². The Morgan fingerprint density at radius 3 is 2.37 bits per heavy atom. The third-order valence-electron chi connectivity index (χ3n) is 4.35. The van der Waals surface area contributed by atoms with Gasteiger partial charge in [-0.15, -0.1) is 0 Å². The van der Waals surface area contributed by atoms with Gasteiger partial charge in [-0.25, -0.2) is 9.59 Å². The molecule has 0 saturated carbocycles. The molecule has 0 spiro atoms. The Morgan fingerprint density at radius 1 is 0.967 bits per heavy atom. The van der Waals surface area contributed by atoms with Gasteiger partial charge in [0.05, 0.1) is 0 Å². The van der Waals surface area contributed by atoms with Gasteiger partial charge in [-0.1, -0.05) is 41.1 Å². The molecule has 1 aromatic heterocycles. The third kappa shape index (κ3) is 4.07. The molecule has 152 valence electrons. The minimum atomic E-state index is -1.28. The Balaban J connectivity index is 1.53. The van der Waals surface area contributed by atoms with Crippen LogP contribution in [-0.4, -0.2) is 27.9 Å². The maximum absolute atomic E-state index is 12.0. The van der Waals surface area contributed by atoms with Gasteiger partial charge in [-0.2, -0.15) is 4.98 Å². The van der Waals surface area contributed by atoms with Crippen molar-refractivity contribution in [3.8, 4) is 22.8 Å². The summed E-state index contributed by atoms with van der Waals surface area (Å²) in [5.74, 6) is -1.95. The van der Waals surface area contributed by atoms with E-state index >= 15 is 0 Å². The van der Waals surface area contributed by atoms with Crippen molar-refractivity contribution in [3.05, 3.63) is 65.9 Å². The molecule has 0 unspecified atom stereocenters. The Hall–Kier alpha value is -3.94. The van der Waals surface area contributed by atoms with Crippen molar-refractivity contribution in [2.24, 2.45) is 0 Å². The number of anilines is 1. The van der Waals surface area contributed by atoms with Crippen molar-refractivity contribution in [1.82, 2.24) is 10.1 Å². The number of cyclic esters (lactones) is 2. The number of rotatable bonds is 4. The first-order chi connectivity index (χ1) is 14.3. The van der Waals surface area contributed by atoms with Crippen LogP contribution in [0.3, 0.4) is 0 Å². The molecular weight excluding hydrogens is 386 g/mol. The molecule has 0 atom stereocenters. The minimum absolute atomic E-state index is 0.223. The fourth-order valence-electron chi connectivity index (χ4n) is 2.84. The fourth-order valence-corrected chi connectivity index (χ4v) is 2.84. The van der Waals surface area contributed by atoms with E-state index in [0.29, 0.717) is 23.0 Å². The second-order valence-electron chi connectivity index (χ2n) is 7.25. The first-order valence-corrected chi connectivity index (χ1v) is 9.25. The van der Waals surface area contributed by atoms with E-state index in [1.165, 1.54) is 20.0 Å². The van der Waals surface area contributed by atoms with Crippen LogP contribution in [0.1, 0.15) is 19.4 Å². The van der Waals surface area contributed by atoms with Crippen LogP contribution >= 0.6 is 0 Å². The first kappa shape index (κ1) is 19.4. The van der Waals surface area contributed by atoms with Crippen LogP contribution in [0, 0.1) is 6.92 Å². The van der Waals surface area contributed by atoms with Gasteiger partial charge in [-0.3, -0.25) is 0 Å². The zero-order valence-corrected chi connectivity index (χ0v) is 16.6. The summed E-state index contributed by atoms with van der Waals surface area (Å²) in [7, 11) is 0. The van der Waals surface area contributed by atoms with E-state index in [1.807, 2.05) is 37.3 Å². The summed E-state index contributed by atoms with van der Waals surface area (Å²) in [5, 5.41) is 6.94. The number of carbonyl (C=O) groups excluding carboxylic acids is 2. The molecule has 0 amide bonds. The number of aryl methyl sites for hydroxylation is 1. The smallest absolute Gasteiger partial charge is 0.350 e. The normalized spacial score (nSPS) is 15.4. The standard InChI is InChI=1S/C22H19N3O5/c1-13-7-9-14(10-8-13)18-24-19(30-25-18)15-5-4-6-16(11-15)23-12-17-20(26)28-22(2,3)29-21(17)27/h4-12,23H,1-3H3. The lowest BCUT2D eigenvalue weighted by molar-refractivity contribution is -0.222. The Labute approximate surface area is 172 Å². The summed E-state index contributed by atoms with van der Waals surface area (Å²) in [4.78, 5) is 28.5. The summed E-state index contributed by atoms with van der Waals surface area (Å²) >= 11 is 0. The molecule has 1 aliphatic rings. The van der Waals surface area contributed by atoms with E-state index in [1.54, 1.807) is 18.2 Å². The number of aromatic nitrogens is 2. The van der Waals surface area contributed by atoms with Crippen LogP contribution in [0.25, 0.3) is 22.8 Å². The maximum Gasteiger partial charge on any atom is 0.350 e. The Morgan fingerprint density at radius 2 is 1.67 bits per heavy atom. The summed E-state index contributed by atoms with van der Waals surface area (Å²) in [6.07, 6.45) is 1.25. The zero-order chi connectivity index (χ0) is 21.3. The number of nitrogens with zero attached hydrogens (tertiary/aromatic N) is 2. The third-order valence-corrected chi connectivity index (χ3v) is 4.35. The fraction of sp³-hybridized carbons (Fsp3) is 0.182. The van der Waals surface area contributed by atoms with Crippen LogP contribution in [0.2, 0.25) is 0 Å². The van der Waals surface area contributed by atoms with Gasteiger partial charge in [-0.05, 0) is 25.1 Å². The largest absolute Gasteiger partial charge is 0.419 e. The van der Waals surface area contributed by atoms with Crippen molar-refractivity contribution >= 4 is 17.6 Å². The van der Waals surface area contributed by atoms with Crippen molar-refractivity contribution in [3.63, 3.8) is 0 Å². The van der Waals surface area contributed by atoms with E-state index in [0.717, 1.165) is 11.1 Å². The molecule has 8 heteroatoms. The molecule has 0 aliphatic carbocycles. The monoisotopic (exact) mass is 405 g/mol. The lowest BCUT2D eigenvalue weighted by atomic mass is 10.1. The molecule has 2 aromatic carbocycles. The van der Waals surface area contributed by atoms with Gasteiger partial charge >= 0.3 is 11.9 Å². The number of hydrogen-bond donors (Lipinski definition) is 1. The van der Waals surface area contributed by atoms with Gasteiger partial charge in [0.1, 0.15) is 0 Å². The van der Waals surface area contributed by atoms with E-state index in [4.69, 9.17) is 14.0 Å². The van der Waals surface area contributed by atoms with Crippen LogP contribution in [0.15, 0.2) is 64.8 Å². The van der Waals surface area contributed by atoms with E-state index in [9.17, 15) is 9.59 Å².